The van der Waals surface area contributed by atoms with Crippen molar-refractivity contribution in [1.29, 1.82) is 0 Å². The molecule has 0 aliphatic carbocycles. The van der Waals surface area contributed by atoms with Gasteiger partial charge >= 0.3 is 0 Å². The summed E-state index contributed by atoms with van der Waals surface area (Å²) in [5.74, 6) is 0.417. The maximum atomic E-state index is 12.8. The lowest BCUT2D eigenvalue weighted by Gasteiger charge is -1.98. The Balaban J connectivity index is 1.83. The minimum Gasteiger partial charge on any atom is -0.334 e. The second-order valence-corrected chi connectivity index (χ2v) is 5.31. The van der Waals surface area contributed by atoms with Crippen molar-refractivity contribution in [2.45, 2.75) is 0 Å². The van der Waals surface area contributed by atoms with E-state index >= 15 is 0 Å². The van der Waals surface area contributed by atoms with Gasteiger partial charge in [-0.3, -0.25) is 0 Å². The van der Waals surface area contributed by atoms with E-state index in [1.54, 1.807) is 42.5 Å². The van der Waals surface area contributed by atoms with Crippen molar-refractivity contribution in [2.24, 2.45) is 0 Å². The Bertz CT molecular complexity index is 828. The number of halogens is 3. The summed E-state index contributed by atoms with van der Waals surface area (Å²) in [6, 6.07) is 11.1. The van der Waals surface area contributed by atoms with Gasteiger partial charge in [0.1, 0.15) is 5.82 Å². The molecule has 22 heavy (non-hydrogen) atoms. The largest absolute Gasteiger partial charge is 0.334 e. The summed E-state index contributed by atoms with van der Waals surface area (Å²) in [5, 5.41) is 4.86. The van der Waals surface area contributed by atoms with Gasteiger partial charge in [0.2, 0.25) is 5.82 Å². The minimum atomic E-state index is -0.283. The molecule has 0 fully saturated rings. The number of rotatable bonds is 3. The molecule has 110 valence electrons. The first-order valence-corrected chi connectivity index (χ1v) is 7.10. The van der Waals surface area contributed by atoms with Crippen LogP contribution in [0.5, 0.6) is 0 Å². The van der Waals surface area contributed by atoms with E-state index in [1.165, 1.54) is 12.1 Å². The molecular formula is C16H9Cl2FN2O. The van der Waals surface area contributed by atoms with Gasteiger partial charge in [-0.05, 0) is 42.0 Å². The molecule has 2 aromatic carbocycles. The van der Waals surface area contributed by atoms with Gasteiger partial charge in [-0.15, -0.1) is 0 Å². The Hall–Kier alpha value is -2.17. The third-order valence-electron chi connectivity index (χ3n) is 2.90. The third kappa shape index (κ3) is 3.35. The van der Waals surface area contributed by atoms with Crippen molar-refractivity contribution < 1.29 is 8.91 Å². The highest BCUT2D eigenvalue weighted by molar-refractivity contribution is 6.36. The predicted molar refractivity (Wildman–Crippen MR) is 85.1 cm³/mol. The summed E-state index contributed by atoms with van der Waals surface area (Å²) in [7, 11) is 0. The molecule has 1 aromatic heterocycles. The van der Waals surface area contributed by atoms with Crippen LogP contribution in [0.3, 0.4) is 0 Å². The van der Waals surface area contributed by atoms with Crippen molar-refractivity contribution >= 4 is 35.4 Å². The Morgan fingerprint density at radius 1 is 1.00 bits per heavy atom. The summed E-state index contributed by atoms with van der Waals surface area (Å²) in [5.41, 5.74) is 1.46. The molecule has 0 aliphatic rings. The lowest BCUT2D eigenvalue weighted by atomic mass is 10.2. The lowest BCUT2D eigenvalue weighted by molar-refractivity contribution is 0.411. The van der Waals surface area contributed by atoms with Crippen molar-refractivity contribution in [2.75, 3.05) is 0 Å². The summed E-state index contributed by atoms with van der Waals surface area (Å²) < 4.78 is 18.0. The third-order valence-corrected chi connectivity index (χ3v) is 3.45. The van der Waals surface area contributed by atoms with Crippen molar-refractivity contribution in [3.8, 4) is 11.4 Å². The zero-order chi connectivity index (χ0) is 15.5. The molecule has 3 rings (SSSR count). The SMILES string of the molecule is Fc1ccc(/C=C/c2nc(-c3ccc(Cl)cc3Cl)no2)cc1. The number of nitrogens with zero attached hydrogens (tertiary/aromatic N) is 2. The fourth-order valence-electron chi connectivity index (χ4n) is 1.82. The van der Waals surface area contributed by atoms with Crippen LogP contribution in [0.2, 0.25) is 10.0 Å². The minimum absolute atomic E-state index is 0.283. The molecule has 0 saturated heterocycles. The molecule has 1 heterocycles. The zero-order valence-electron chi connectivity index (χ0n) is 11.1. The Kier molecular flexibility index (Phi) is 4.22. The van der Waals surface area contributed by atoms with Gasteiger partial charge in [-0.2, -0.15) is 4.98 Å². The molecule has 6 heteroatoms. The van der Waals surface area contributed by atoms with Crippen LogP contribution < -0.4 is 0 Å². The molecule has 0 atom stereocenters. The van der Waals surface area contributed by atoms with Crippen LogP contribution in [0, 0.1) is 5.82 Å². The number of hydrogen-bond acceptors (Lipinski definition) is 3. The second kappa shape index (κ2) is 6.30. The smallest absolute Gasteiger partial charge is 0.250 e. The van der Waals surface area contributed by atoms with Crippen LogP contribution in [0.15, 0.2) is 47.0 Å². The molecule has 0 saturated carbocycles. The maximum Gasteiger partial charge on any atom is 0.250 e. The molecule has 3 nitrogen and oxygen atoms in total. The highest BCUT2D eigenvalue weighted by atomic mass is 35.5. The Morgan fingerprint density at radius 3 is 2.50 bits per heavy atom. The zero-order valence-corrected chi connectivity index (χ0v) is 12.6. The highest BCUT2D eigenvalue weighted by Gasteiger charge is 2.10. The lowest BCUT2D eigenvalue weighted by Crippen LogP contribution is -1.82. The highest BCUT2D eigenvalue weighted by Crippen LogP contribution is 2.28. The first kappa shape index (κ1) is 14.8. The van der Waals surface area contributed by atoms with Crippen LogP contribution in [0.1, 0.15) is 11.5 Å². The summed E-state index contributed by atoms with van der Waals surface area (Å²) in [6.07, 6.45) is 3.40. The fourth-order valence-corrected chi connectivity index (χ4v) is 2.32. The van der Waals surface area contributed by atoms with Gasteiger partial charge < -0.3 is 4.52 Å². The molecular weight excluding hydrogens is 326 g/mol. The van der Waals surface area contributed by atoms with E-state index in [2.05, 4.69) is 10.1 Å². The molecule has 0 N–H and O–H groups in total. The molecule has 0 amide bonds. The number of benzene rings is 2. The summed E-state index contributed by atoms with van der Waals surface area (Å²) in [4.78, 5) is 4.24. The summed E-state index contributed by atoms with van der Waals surface area (Å²) >= 11 is 12.0. The number of hydrogen-bond donors (Lipinski definition) is 0. The van der Waals surface area contributed by atoms with Crippen molar-refractivity contribution in [1.82, 2.24) is 10.1 Å². The van der Waals surface area contributed by atoms with E-state index in [0.717, 1.165) is 5.56 Å². The van der Waals surface area contributed by atoms with Gasteiger partial charge in [0.15, 0.2) is 0 Å². The van der Waals surface area contributed by atoms with Gasteiger partial charge in [0, 0.05) is 16.7 Å². The predicted octanol–water partition coefficient (Wildman–Crippen LogP) is 5.35. The molecule has 3 aromatic rings. The van der Waals surface area contributed by atoms with Gasteiger partial charge in [0.05, 0.1) is 5.02 Å². The van der Waals surface area contributed by atoms with Gasteiger partial charge in [-0.25, -0.2) is 4.39 Å². The van der Waals surface area contributed by atoms with Crippen LogP contribution >= 0.6 is 23.2 Å². The average molecular weight is 335 g/mol. The first-order valence-electron chi connectivity index (χ1n) is 6.34. The Morgan fingerprint density at radius 2 is 1.77 bits per heavy atom. The molecule has 0 aliphatic heterocycles. The second-order valence-electron chi connectivity index (χ2n) is 4.47. The fraction of sp³-hybridized carbons (Fsp3) is 0. The van der Waals surface area contributed by atoms with Crippen molar-refractivity contribution in [3.63, 3.8) is 0 Å². The molecule has 0 bridgehead atoms. The quantitative estimate of drug-likeness (QED) is 0.647. The van der Waals surface area contributed by atoms with E-state index in [9.17, 15) is 4.39 Å². The standard InChI is InChI=1S/C16H9Cl2FN2O/c17-11-4-7-13(14(18)9-11)16-20-15(22-21-16)8-3-10-1-5-12(19)6-2-10/h1-9H/b8-3+. The monoisotopic (exact) mass is 334 g/mol. The van der Waals surface area contributed by atoms with E-state index in [-0.39, 0.29) is 5.82 Å². The van der Waals surface area contributed by atoms with Crippen LogP contribution in [-0.4, -0.2) is 10.1 Å². The average Bonchev–Trinajstić information content (AvgIpc) is 2.95. The van der Waals surface area contributed by atoms with E-state index in [1.807, 2.05) is 0 Å². The molecule has 0 radical (unpaired) electrons. The molecule has 0 spiro atoms. The topological polar surface area (TPSA) is 38.9 Å². The van der Waals surface area contributed by atoms with Crippen LogP contribution in [-0.2, 0) is 0 Å². The van der Waals surface area contributed by atoms with Crippen LogP contribution in [0.25, 0.3) is 23.5 Å². The van der Waals surface area contributed by atoms with E-state index < -0.39 is 0 Å². The molecule has 0 unspecified atom stereocenters. The normalized spacial score (nSPS) is 11.2. The van der Waals surface area contributed by atoms with E-state index in [4.69, 9.17) is 27.7 Å². The van der Waals surface area contributed by atoms with Crippen LogP contribution in [0.4, 0.5) is 4.39 Å². The van der Waals surface area contributed by atoms with Gasteiger partial charge in [0.25, 0.3) is 5.89 Å². The van der Waals surface area contributed by atoms with E-state index in [0.29, 0.717) is 27.3 Å². The van der Waals surface area contributed by atoms with Crippen molar-refractivity contribution in [3.05, 3.63) is 69.8 Å². The first-order chi connectivity index (χ1) is 10.6. The Labute approximate surface area is 136 Å². The number of aromatic nitrogens is 2. The maximum absolute atomic E-state index is 12.8. The summed E-state index contributed by atoms with van der Waals surface area (Å²) in [6.45, 7) is 0. The van der Waals surface area contributed by atoms with Gasteiger partial charge in [-0.1, -0.05) is 40.5 Å².